The number of nitrogens with zero attached hydrogens (tertiary/aromatic N) is 1. The van der Waals surface area contributed by atoms with E-state index in [-0.39, 0.29) is 12.1 Å². The third kappa shape index (κ3) is 5.33. The molecule has 4 heteroatoms. The van der Waals surface area contributed by atoms with Gasteiger partial charge < -0.3 is 14.6 Å². The molecule has 2 aliphatic rings. The van der Waals surface area contributed by atoms with E-state index in [2.05, 4.69) is 71.6 Å². The summed E-state index contributed by atoms with van der Waals surface area (Å²) in [6.45, 7) is 3.90. The fraction of sp³-hybridized carbons (Fsp3) is 0.294. The van der Waals surface area contributed by atoms with Crippen molar-refractivity contribution >= 4 is 0 Å². The van der Waals surface area contributed by atoms with Gasteiger partial charge in [0, 0.05) is 18.6 Å². The van der Waals surface area contributed by atoms with Crippen molar-refractivity contribution in [2.75, 3.05) is 6.54 Å². The highest BCUT2D eigenvalue weighted by Gasteiger charge is 2.44. The maximum Gasteiger partial charge on any atom is 0.162 e. The number of benzene rings is 4. The van der Waals surface area contributed by atoms with Crippen LogP contribution in [0.4, 0.5) is 0 Å². The quantitative estimate of drug-likeness (QED) is 0.293. The molecule has 4 aromatic carbocycles. The third-order valence-electron chi connectivity index (χ3n) is 7.93. The van der Waals surface area contributed by atoms with E-state index in [4.69, 9.17) is 9.47 Å². The van der Waals surface area contributed by atoms with Crippen LogP contribution in [0.3, 0.4) is 0 Å². The van der Waals surface area contributed by atoms with E-state index in [0.29, 0.717) is 19.6 Å². The van der Waals surface area contributed by atoms with Crippen LogP contribution in [0.1, 0.15) is 59.7 Å². The van der Waals surface area contributed by atoms with Crippen molar-refractivity contribution in [3.63, 3.8) is 0 Å². The Bertz CT molecular complexity index is 1350. The molecule has 0 spiro atoms. The van der Waals surface area contributed by atoms with Crippen molar-refractivity contribution in [2.45, 2.75) is 57.1 Å². The Morgan fingerprint density at radius 1 is 0.737 bits per heavy atom. The summed E-state index contributed by atoms with van der Waals surface area (Å²) < 4.78 is 12.8. The van der Waals surface area contributed by atoms with Crippen molar-refractivity contribution in [1.82, 2.24) is 4.90 Å². The molecule has 4 nitrogen and oxygen atoms in total. The van der Waals surface area contributed by atoms with Gasteiger partial charge in [0.25, 0.3) is 0 Å². The van der Waals surface area contributed by atoms with Crippen molar-refractivity contribution in [3.8, 4) is 11.5 Å². The Labute approximate surface area is 225 Å². The zero-order chi connectivity index (χ0) is 26.0. The summed E-state index contributed by atoms with van der Waals surface area (Å²) in [6, 6.07) is 35.8. The summed E-state index contributed by atoms with van der Waals surface area (Å²) in [5.41, 5.74) is 5.29. The van der Waals surface area contributed by atoms with Gasteiger partial charge in [-0.05, 0) is 66.1 Å². The number of fused-ring (bicyclic) bond motifs is 3. The second kappa shape index (κ2) is 10.6. The lowest BCUT2D eigenvalue weighted by Crippen LogP contribution is -2.49. The van der Waals surface area contributed by atoms with Crippen molar-refractivity contribution in [3.05, 3.63) is 131 Å². The fourth-order valence-corrected chi connectivity index (χ4v) is 6.04. The van der Waals surface area contributed by atoms with Gasteiger partial charge in [0.2, 0.25) is 0 Å². The molecule has 0 radical (unpaired) electrons. The molecule has 0 aromatic heterocycles. The minimum Gasteiger partial charge on any atom is -0.485 e. The molecule has 2 aliphatic heterocycles. The lowest BCUT2D eigenvalue weighted by Gasteiger charge is -2.51. The maximum atomic E-state index is 11.4. The van der Waals surface area contributed by atoms with Crippen LogP contribution in [0.5, 0.6) is 11.5 Å². The number of hydrogen-bond donors (Lipinski definition) is 1. The lowest BCUT2D eigenvalue weighted by atomic mass is 9.75. The van der Waals surface area contributed by atoms with Crippen LogP contribution in [0.15, 0.2) is 103 Å². The van der Waals surface area contributed by atoms with E-state index >= 15 is 0 Å². The number of rotatable bonds is 7. The number of aliphatic hydroxyl groups is 1. The van der Waals surface area contributed by atoms with Gasteiger partial charge >= 0.3 is 0 Å². The van der Waals surface area contributed by atoms with Gasteiger partial charge in [0.1, 0.15) is 13.2 Å². The summed E-state index contributed by atoms with van der Waals surface area (Å²) in [5, 5.41) is 11.4. The molecular weight excluding hydrogens is 470 g/mol. The second-order valence-corrected chi connectivity index (χ2v) is 10.9. The Kier molecular flexibility index (Phi) is 6.92. The Morgan fingerprint density at radius 3 is 1.87 bits per heavy atom. The SMILES string of the molecule is C[C@]1(O)C[C@@H](c2ccccc2)N2CCc3cc(OCc4ccccc4)c(OCc4ccccc4)cc3[C@@H]2C1. The van der Waals surface area contributed by atoms with E-state index in [1.807, 2.05) is 43.3 Å². The molecule has 0 amide bonds. The van der Waals surface area contributed by atoms with Gasteiger partial charge in [-0.3, -0.25) is 4.90 Å². The normalized spacial score (nSPS) is 22.8. The molecule has 38 heavy (non-hydrogen) atoms. The van der Waals surface area contributed by atoms with Gasteiger partial charge in [-0.15, -0.1) is 0 Å². The Morgan fingerprint density at radius 2 is 1.26 bits per heavy atom. The molecule has 0 unspecified atom stereocenters. The maximum absolute atomic E-state index is 11.4. The smallest absolute Gasteiger partial charge is 0.162 e. The zero-order valence-electron chi connectivity index (χ0n) is 21.9. The first-order chi connectivity index (χ1) is 18.6. The zero-order valence-corrected chi connectivity index (χ0v) is 21.9. The number of hydrogen-bond acceptors (Lipinski definition) is 4. The van der Waals surface area contributed by atoms with E-state index in [1.165, 1.54) is 16.7 Å². The first-order valence-corrected chi connectivity index (χ1v) is 13.6. The summed E-state index contributed by atoms with van der Waals surface area (Å²) >= 11 is 0. The first kappa shape index (κ1) is 24.7. The topological polar surface area (TPSA) is 41.9 Å². The Hall–Kier alpha value is -3.60. The van der Waals surface area contributed by atoms with Gasteiger partial charge in [-0.1, -0.05) is 91.0 Å². The molecule has 1 fully saturated rings. The third-order valence-corrected chi connectivity index (χ3v) is 7.93. The van der Waals surface area contributed by atoms with Crippen molar-refractivity contribution in [1.29, 1.82) is 0 Å². The van der Waals surface area contributed by atoms with Gasteiger partial charge in [0.15, 0.2) is 11.5 Å². The van der Waals surface area contributed by atoms with Crippen LogP contribution < -0.4 is 9.47 Å². The van der Waals surface area contributed by atoms with Crippen LogP contribution in [0.25, 0.3) is 0 Å². The average molecular weight is 506 g/mol. The van der Waals surface area contributed by atoms with Gasteiger partial charge in [-0.25, -0.2) is 0 Å². The molecule has 1 saturated heterocycles. The fourth-order valence-electron chi connectivity index (χ4n) is 6.04. The highest BCUT2D eigenvalue weighted by atomic mass is 16.5. The largest absolute Gasteiger partial charge is 0.485 e. The molecular formula is C34H35NO3. The standard InChI is InChI=1S/C34H35NO3/c1-34(36)21-30(27-15-9-4-10-16-27)35-18-17-28-19-32(37-23-25-11-5-2-6-12-25)33(20-29(28)31(35)22-34)38-24-26-13-7-3-8-14-26/h2-16,19-20,30-31,36H,17-18,21-24H2,1H3/t30-,31-,34-/m0/s1. The molecule has 194 valence electrons. The van der Waals surface area contributed by atoms with Crippen LogP contribution in [-0.4, -0.2) is 22.2 Å². The average Bonchev–Trinajstić information content (AvgIpc) is 2.95. The minimum atomic E-state index is -0.746. The second-order valence-electron chi connectivity index (χ2n) is 10.9. The van der Waals surface area contributed by atoms with Crippen LogP contribution in [0.2, 0.25) is 0 Å². The van der Waals surface area contributed by atoms with E-state index < -0.39 is 5.60 Å². The first-order valence-electron chi connectivity index (χ1n) is 13.6. The van der Waals surface area contributed by atoms with E-state index in [0.717, 1.165) is 42.0 Å². The minimum absolute atomic E-state index is 0.120. The highest BCUT2D eigenvalue weighted by Crippen LogP contribution is 2.50. The summed E-state index contributed by atoms with van der Waals surface area (Å²) in [7, 11) is 0. The monoisotopic (exact) mass is 505 g/mol. The molecule has 6 rings (SSSR count). The molecule has 0 aliphatic carbocycles. The molecule has 1 N–H and O–H groups in total. The van der Waals surface area contributed by atoms with Gasteiger partial charge in [-0.2, -0.15) is 0 Å². The summed E-state index contributed by atoms with van der Waals surface area (Å²) in [4.78, 5) is 2.58. The van der Waals surface area contributed by atoms with Crippen LogP contribution in [-0.2, 0) is 19.6 Å². The summed E-state index contributed by atoms with van der Waals surface area (Å²) in [5.74, 6) is 1.53. The molecule has 0 bridgehead atoms. The number of ether oxygens (including phenoxy) is 2. The number of piperidine rings is 1. The van der Waals surface area contributed by atoms with Gasteiger partial charge in [0.05, 0.1) is 5.60 Å². The predicted octanol–water partition coefficient (Wildman–Crippen LogP) is 7.03. The van der Waals surface area contributed by atoms with Crippen LogP contribution in [0, 0.1) is 0 Å². The van der Waals surface area contributed by atoms with E-state index in [9.17, 15) is 5.11 Å². The van der Waals surface area contributed by atoms with Crippen molar-refractivity contribution < 1.29 is 14.6 Å². The van der Waals surface area contributed by atoms with Crippen molar-refractivity contribution in [2.24, 2.45) is 0 Å². The molecule has 2 heterocycles. The highest BCUT2D eigenvalue weighted by molar-refractivity contribution is 5.50. The molecule has 0 saturated carbocycles. The van der Waals surface area contributed by atoms with Crippen LogP contribution >= 0.6 is 0 Å². The Balaban J connectivity index is 1.34. The molecule has 4 aromatic rings. The predicted molar refractivity (Wildman–Crippen MR) is 150 cm³/mol. The van der Waals surface area contributed by atoms with E-state index in [1.54, 1.807) is 0 Å². The lowest BCUT2D eigenvalue weighted by molar-refractivity contribution is -0.0690. The summed E-state index contributed by atoms with van der Waals surface area (Å²) in [6.07, 6.45) is 2.38. The molecule has 3 atom stereocenters.